The summed E-state index contributed by atoms with van der Waals surface area (Å²) in [7, 11) is 0. The van der Waals surface area contributed by atoms with Crippen LogP contribution in [0.2, 0.25) is 0 Å². The van der Waals surface area contributed by atoms with Gasteiger partial charge in [-0.05, 0) is 42.7 Å². The van der Waals surface area contributed by atoms with Gasteiger partial charge >= 0.3 is 0 Å². The molecule has 0 amide bonds. The Morgan fingerprint density at radius 2 is 1.63 bits per heavy atom. The van der Waals surface area contributed by atoms with Gasteiger partial charge in [-0.3, -0.25) is 9.88 Å². The van der Waals surface area contributed by atoms with Crippen LogP contribution in [0.4, 0.5) is 0 Å². The van der Waals surface area contributed by atoms with Crippen molar-refractivity contribution in [2.75, 3.05) is 0 Å². The minimum atomic E-state index is -0.830. The van der Waals surface area contributed by atoms with Crippen LogP contribution in [0.25, 0.3) is 10.8 Å². The highest BCUT2D eigenvalue weighted by Crippen LogP contribution is 2.45. The summed E-state index contributed by atoms with van der Waals surface area (Å²) in [4.78, 5) is 7.31. The first kappa shape index (κ1) is 16.9. The predicted molar refractivity (Wildman–Crippen MR) is 108 cm³/mol. The highest BCUT2D eigenvalue weighted by molar-refractivity contribution is 5.85. The maximum absolute atomic E-state index is 11.7. The molecule has 138 valence electrons. The molecule has 3 heterocycles. The Morgan fingerprint density at radius 1 is 0.926 bits per heavy atom. The molecule has 2 atom stereocenters. The zero-order valence-corrected chi connectivity index (χ0v) is 15.6. The van der Waals surface area contributed by atoms with Gasteiger partial charge in [0.25, 0.3) is 0 Å². The first-order valence-corrected chi connectivity index (χ1v) is 10.1. The number of piperidine rings is 2. The van der Waals surface area contributed by atoms with Gasteiger partial charge in [0.05, 0.1) is 5.69 Å². The predicted octanol–water partition coefficient (Wildman–Crippen LogP) is 4.64. The van der Waals surface area contributed by atoms with Crippen LogP contribution < -0.4 is 0 Å². The van der Waals surface area contributed by atoms with E-state index in [1.54, 1.807) is 0 Å². The zero-order chi connectivity index (χ0) is 18.3. The number of rotatable bonds is 3. The molecule has 2 aliphatic rings. The molecule has 0 radical (unpaired) electrons. The minimum Gasteiger partial charge on any atom is -0.383 e. The highest BCUT2D eigenvalue weighted by atomic mass is 16.3. The molecule has 2 unspecified atom stereocenters. The van der Waals surface area contributed by atoms with Crippen LogP contribution in [0.1, 0.15) is 43.4 Å². The molecule has 2 fully saturated rings. The van der Waals surface area contributed by atoms with Crippen molar-refractivity contribution in [3.05, 3.63) is 78.1 Å². The number of hydrogen-bond acceptors (Lipinski definition) is 3. The normalized spacial score (nSPS) is 28.3. The molecular formula is C24H26N2O. The van der Waals surface area contributed by atoms with Gasteiger partial charge < -0.3 is 5.11 Å². The van der Waals surface area contributed by atoms with Crippen LogP contribution in [-0.2, 0) is 12.1 Å². The summed E-state index contributed by atoms with van der Waals surface area (Å²) >= 11 is 0. The average molecular weight is 358 g/mol. The third kappa shape index (κ3) is 3.05. The van der Waals surface area contributed by atoms with E-state index in [9.17, 15) is 5.11 Å². The second-order valence-electron chi connectivity index (χ2n) is 8.22. The third-order valence-corrected chi connectivity index (χ3v) is 6.48. The Kier molecular flexibility index (Phi) is 4.22. The molecule has 5 rings (SSSR count). The average Bonchev–Trinajstić information content (AvgIpc) is 2.69. The van der Waals surface area contributed by atoms with Crippen molar-refractivity contribution in [3.63, 3.8) is 0 Å². The van der Waals surface area contributed by atoms with Crippen LogP contribution in [0.5, 0.6) is 0 Å². The smallest absolute Gasteiger partial charge is 0.110 e. The van der Waals surface area contributed by atoms with Crippen molar-refractivity contribution in [1.29, 1.82) is 0 Å². The summed E-state index contributed by atoms with van der Waals surface area (Å²) in [5.74, 6) is 0. The largest absolute Gasteiger partial charge is 0.383 e. The lowest BCUT2D eigenvalue weighted by molar-refractivity contribution is -0.101. The monoisotopic (exact) mass is 358 g/mol. The van der Waals surface area contributed by atoms with Gasteiger partial charge in [0.1, 0.15) is 5.60 Å². The van der Waals surface area contributed by atoms with Gasteiger partial charge in [0, 0.05) is 30.2 Å². The summed E-state index contributed by atoms with van der Waals surface area (Å²) < 4.78 is 0. The molecule has 27 heavy (non-hydrogen) atoms. The molecule has 3 nitrogen and oxygen atoms in total. The quantitative estimate of drug-likeness (QED) is 0.741. The molecule has 0 saturated carbocycles. The summed E-state index contributed by atoms with van der Waals surface area (Å²) in [6.07, 6.45) is 6.99. The van der Waals surface area contributed by atoms with Crippen molar-refractivity contribution in [3.8, 4) is 0 Å². The Bertz CT molecular complexity index is 920. The van der Waals surface area contributed by atoms with E-state index in [-0.39, 0.29) is 0 Å². The Balaban J connectivity index is 1.48. The molecule has 3 aromatic rings. The third-order valence-electron chi connectivity index (χ3n) is 6.48. The fraction of sp³-hybridized carbons (Fsp3) is 0.375. The molecular weight excluding hydrogens is 332 g/mol. The van der Waals surface area contributed by atoms with Gasteiger partial charge in [-0.15, -0.1) is 0 Å². The topological polar surface area (TPSA) is 36.4 Å². The number of nitrogens with zero attached hydrogens (tertiary/aromatic N) is 2. The molecule has 2 aliphatic heterocycles. The van der Waals surface area contributed by atoms with Crippen LogP contribution in [-0.4, -0.2) is 27.1 Å². The fourth-order valence-corrected chi connectivity index (χ4v) is 5.26. The summed E-state index contributed by atoms with van der Waals surface area (Å²) in [5, 5.41) is 14.0. The Morgan fingerprint density at radius 3 is 2.41 bits per heavy atom. The SMILES string of the molecule is OC1(c2nccc3ccccc23)CC2CCCC(C1)N2Cc1ccccc1. The summed E-state index contributed by atoms with van der Waals surface area (Å²) in [6.45, 7) is 0.981. The van der Waals surface area contributed by atoms with E-state index in [1.165, 1.54) is 12.0 Å². The first-order chi connectivity index (χ1) is 13.2. The van der Waals surface area contributed by atoms with Crippen molar-refractivity contribution in [1.82, 2.24) is 9.88 Å². The fourth-order valence-electron chi connectivity index (χ4n) is 5.26. The van der Waals surface area contributed by atoms with Crippen LogP contribution in [0, 0.1) is 0 Å². The molecule has 2 bridgehead atoms. The van der Waals surface area contributed by atoms with E-state index in [4.69, 9.17) is 0 Å². The van der Waals surface area contributed by atoms with E-state index >= 15 is 0 Å². The molecule has 0 aliphatic carbocycles. The van der Waals surface area contributed by atoms with Crippen LogP contribution in [0.3, 0.4) is 0 Å². The van der Waals surface area contributed by atoms with Crippen molar-refractivity contribution in [2.24, 2.45) is 0 Å². The molecule has 2 aromatic carbocycles. The maximum Gasteiger partial charge on any atom is 0.110 e. The van der Waals surface area contributed by atoms with Gasteiger partial charge in [-0.25, -0.2) is 0 Å². The minimum absolute atomic E-state index is 0.420. The lowest BCUT2D eigenvalue weighted by Gasteiger charge is -2.52. The summed E-state index contributed by atoms with van der Waals surface area (Å²) in [6, 6.07) is 21.9. The van der Waals surface area contributed by atoms with E-state index in [1.807, 2.05) is 24.4 Å². The molecule has 3 heteroatoms. The number of pyridine rings is 1. The number of hydrogen-bond donors (Lipinski definition) is 1. The number of benzene rings is 2. The van der Waals surface area contributed by atoms with Crippen molar-refractivity contribution in [2.45, 2.75) is 56.3 Å². The van der Waals surface area contributed by atoms with Crippen LogP contribution >= 0.6 is 0 Å². The second kappa shape index (κ2) is 6.74. The number of fused-ring (bicyclic) bond motifs is 3. The van der Waals surface area contributed by atoms with E-state index in [2.05, 4.69) is 52.3 Å². The van der Waals surface area contributed by atoms with Crippen LogP contribution in [0.15, 0.2) is 66.9 Å². The number of aliphatic hydroxyl groups is 1. The van der Waals surface area contributed by atoms with E-state index in [0.29, 0.717) is 12.1 Å². The molecule has 1 N–H and O–H groups in total. The highest BCUT2D eigenvalue weighted by Gasteiger charge is 2.47. The maximum atomic E-state index is 11.7. The van der Waals surface area contributed by atoms with Crippen molar-refractivity contribution >= 4 is 10.8 Å². The lowest BCUT2D eigenvalue weighted by Crippen LogP contribution is -2.56. The van der Waals surface area contributed by atoms with Gasteiger partial charge in [-0.2, -0.15) is 0 Å². The van der Waals surface area contributed by atoms with Gasteiger partial charge in [-0.1, -0.05) is 61.0 Å². The first-order valence-electron chi connectivity index (χ1n) is 10.1. The number of aromatic nitrogens is 1. The lowest BCUT2D eigenvalue weighted by atomic mass is 9.73. The van der Waals surface area contributed by atoms with E-state index in [0.717, 1.165) is 48.7 Å². The molecule has 2 saturated heterocycles. The zero-order valence-electron chi connectivity index (χ0n) is 15.6. The van der Waals surface area contributed by atoms with Gasteiger partial charge in [0.15, 0.2) is 0 Å². The standard InChI is InChI=1S/C24H26N2O/c27-24(23-22-12-5-4-9-19(22)13-14-25-23)15-20-10-6-11-21(16-24)26(20)17-18-7-2-1-3-8-18/h1-5,7-9,12-14,20-21,27H,6,10-11,15-17H2. The van der Waals surface area contributed by atoms with E-state index < -0.39 is 5.60 Å². The molecule has 1 aromatic heterocycles. The summed E-state index contributed by atoms with van der Waals surface area (Å²) in [5.41, 5.74) is 1.41. The second-order valence-corrected chi connectivity index (χ2v) is 8.22. The molecule has 0 spiro atoms. The van der Waals surface area contributed by atoms with Gasteiger partial charge in [0.2, 0.25) is 0 Å². The Hall–Kier alpha value is -2.23. The van der Waals surface area contributed by atoms with Crippen molar-refractivity contribution < 1.29 is 5.11 Å². The Labute approximate surface area is 160 Å².